The summed E-state index contributed by atoms with van der Waals surface area (Å²) in [5.74, 6) is -0.787. The Morgan fingerprint density at radius 3 is 1.90 bits per heavy atom. The van der Waals surface area contributed by atoms with E-state index in [4.69, 9.17) is 51.2 Å². The molecule has 2 aromatic carbocycles. The fraction of sp³-hybridized carbons (Fsp3) is 0.167. The van der Waals surface area contributed by atoms with Crippen LogP contribution in [-0.4, -0.2) is 20.1 Å². The van der Waals surface area contributed by atoms with Gasteiger partial charge in [-0.15, -0.1) is 0 Å². The summed E-state index contributed by atoms with van der Waals surface area (Å²) in [6.45, 7) is -0.182. The maximum atomic E-state index is 12.5. The van der Waals surface area contributed by atoms with E-state index in [2.05, 4.69) is 5.16 Å². The average molecular weight is 476 g/mol. The van der Waals surface area contributed by atoms with Gasteiger partial charge in [-0.3, -0.25) is 9.59 Å². The summed E-state index contributed by atoms with van der Waals surface area (Å²) in [5.41, 5.74) is -0.765. The van der Waals surface area contributed by atoms with Gasteiger partial charge in [0.15, 0.2) is 17.8 Å². The predicted molar refractivity (Wildman–Crippen MR) is 112 cm³/mol. The van der Waals surface area contributed by atoms with Crippen LogP contribution in [0.2, 0.25) is 20.1 Å². The first-order chi connectivity index (χ1) is 13.6. The zero-order valence-corrected chi connectivity index (χ0v) is 18.0. The Kier molecular flexibility index (Phi) is 6.14. The summed E-state index contributed by atoms with van der Waals surface area (Å²) in [5, 5.41) is 1.59. The van der Waals surface area contributed by atoms with Gasteiger partial charge in [0.25, 0.3) is 0 Å². The van der Waals surface area contributed by atoms with E-state index in [-0.39, 0.29) is 37.4 Å². The fourth-order valence-electron chi connectivity index (χ4n) is 2.61. The van der Waals surface area contributed by atoms with Crippen LogP contribution in [0, 0.1) is 0 Å². The molecule has 11 heteroatoms. The fourth-order valence-corrected chi connectivity index (χ4v) is 3.63. The van der Waals surface area contributed by atoms with Gasteiger partial charge in [-0.2, -0.15) is 4.57 Å². The van der Waals surface area contributed by atoms with Crippen molar-refractivity contribution in [1.29, 1.82) is 0 Å². The molecular formula is C18H12Cl4N3O4+. The third kappa shape index (κ3) is 3.96. The number of hydrogen-bond donors (Lipinski definition) is 0. The van der Waals surface area contributed by atoms with Crippen molar-refractivity contribution < 1.29 is 14.2 Å². The number of halogens is 4. The summed E-state index contributed by atoms with van der Waals surface area (Å²) < 4.78 is 1.55. The van der Waals surface area contributed by atoms with Gasteiger partial charge in [-0.25, -0.2) is 4.79 Å². The molecule has 0 saturated carbocycles. The molecule has 0 radical (unpaired) electrons. The molecule has 0 atom stereocenters. The van der Waals surface area contributed by atoms with Crippen LogP contribution in [0.5, 0.6) is 0 Å². The molecule has 0 aliphatic rings. The van der Waals surface area contributed by atoms with E-state index in [1.165, 1.54) is 0 Å². The number of anilines is 1. The molecule has 150 valence electrons. The molecule has 29 heavy (non-hydrogen) atoms. The molecule has 0 N–H and O–H groups in total. The summed E-state index contributed by atoms with van der Waals surface area (Å²) in [6, 6.07) is 3.61. The highest BCUT2D eigenvalue weighted by Gasteiger charge is 2.23. The van der Waals surface area contributed by atoms with Crippen molar-refractivity contribution in [2.75, 3.05) is 19.0 Å². The standard InChI is InChI=1S/C18H12Cl4N3O4/c1-24(2)8-3-5-25(6-4-8)7-9(26)29-23-16-17(27)10-11(18(16)28)13(20)15(22)14(21)12(10)19/h3-6H,7H2,1-2H3/q+1. The van der Waals surface area contributed by atoms with E-state index in [0.29, 0.717) is 0 Å². The minimum absolute atomic E-state index is 0.158. The molecule has 1 heterocycles. The van der Waals surface area contributed by atoms with Crippen molar-refractivity contribution in [1.82, 2.24) is 0 Å². The summed E-state index contributed by atoms with van der Waals surface area (Å²) in [4.78, 5) is 43.7. The maximum Gasteiger partial charge on any atom is 0.399 e. The van der Waals surface area contributed by atoms with Crippen LogP contribution in [0.15, 0.2) is 39.3 Å². The number of carbonyl (C=O) groups is 1. The van der Waals surface area contributed by atoms with Crippen LogP contribution in [0.4, 0.5) is 5.69 Å². The van der Waals surface area contributed by atoms with Crippen LogP contribution in [0.25, 0.3) is 10.8 Å². The lowest BCUT2D eigenvalue weighted by atomic mass is 10.2. The lowest BCUT2D eigenvalue weighted by Crippen LogP contribution is -2.38. The lowest BCUT2D eigenvalue weighted by Gasteiger charge is -2.10. The van der Waals surface area contributed by atoms with Crippen LogP contribution in [0.1, 0.15) is 0 Å². The van der Waals surface area contributed by atoms with Crippen molar-refractivity contribution in [2.24, 2.45) is 5.16 Å². The maximum absolute atomic E-state index is 12.5. The zero-order chi connectivity index (χ0) is 21.5. The van der Waals surface area contributed by atoms with E-state index in [0.717, 1.165) is 5.69 Å². The second kappa shape index (κ2) is 8.28. The minimum Gasteiger partial charge on any atom is -0.377 e. The molecule has 3 rings (SSSR count). The van der Waals surface area contributed by atoms with Crippen molar-refractivity contribution >= 4 is 68.8 Å². The van der Waals surface area contributed by atoms with E-state index in [1.807, 2.05) is 19.0 Å². The molecule has 1 aromatic heterocycles. The highest BCUT2D eigenvalue weighted by atomic mass is 35.5. The van der Waals surface area contributed by atoms with Crippen LogP contribution < -0.4 is 25.7 Å². The number of nitrogens with zero attached hydrogens (tertiary/aromatic N) is 3. The van der Waals surface area contributed by atoms with E-state index < -0.39 is 22.2 Å². The molecule has 3 aromatic rings. The van der Waals surface area contributed by atoms with Gasteiger partial charge in [-0.05, 0) is 0 Å². The Labute approximate surface area is 183 Å². The lowest BCUT2D eigenvalue weighted by molar-refractivity contribution is -0.685. The first-order valence-corrected chi connectivity index (χ1v) is 9.54. The molecule has 0 saturated heterocycles. The van der Waals surface area contributed by atoms with E-state index in [9.17, 15) is 14.4 Å². The van der Waals surface area contributed by atoms with Crippen molar-refractivity contribution in [3.8, 4) is 0 Å². The average Bonchev–Trinajstić information content (AvgIpc) is 2.93. The Morgan fingerprint density at radius 1 is 0.966 bits per heavy atom. The Bertz CT molecular complexity index is 1220. The van der Waals surface area contributed by atoms with Gasteiger partial charge in [0.05, 0.1) is 30.9 Å². The molecule has 0 spiro atoms. The summed E-state index contributed by atoms with van der Waals surface area (Å²) in [6.07, 6.45) is 3.35. The molecular weight excluding hydrogens is 464 g/mol. The Morgan fingerprint density at radius 2 is 1.45 bits per heavy atom. The monoisotopic (exact) mass is 474 g/mol. The molecule has 0 unspecified atom stereocenters. The Hall–Kier alpha value is -2.19. The number of pyridine rings is 1. The van der Waals surface area contributed by atoms with E-state index in [1.54, 1.807) is 29.1 Å². The van der Waals surface area contributed by atoms with Gasteiger partial charge >= 0.3 is 5.97 Å². The molecule has 0 aliphatic heterocycles. The highest BCUT2D eigenvalue weighted by Crippen LogP contribution is 2.40. The van der Waals surface area contributed by atoms with Crippen molar-refractivity contribution in [2.45, 2.75) is 6.54 Å². The predicted octanol–water partition coefficient (Wildman–Crippen LogP) is 2.46. The molecule has 0 bridgehead atoms. The normalized spacial score (nSPS) is 11.0. The first-order valence-electron chi connectivity index (χ1n) is 8.03. The second-order valence-corrected chi connectivity index (χ2v) is 7.70. The number of aromatic nitrogens is 1. The number of rotatable bonds is 4. The number of fused-ring (bicyclic) bond motifs is 1. The van der Waals surface area contributed by atoms with Gasteiger partial charge in [0, 0.05) is 31.9 Å². The number of hydrogen-bond acceptors (Lipinski definition) is 6. The largest absolute Gasteiger partial charge is 0.399 e. The molecule has 7 nitrogen and oxygen atoms in total. The highest BCUT2D eigenvalue weighted by molar-refractivity contribution is 6.55. The van der Waals surface area contributed by atoms with Crippen molar-refractivity contribution in [3.05, 3.63) is 70.4 Å². The van der Waals surface area contributed by atoms with Gasteiger partial charge in [0.1, 0.15) is 0 Å². The van der Waals surface area contributed by atoms with Gasteiger partial charge in [-0.1, -0.05) is 51.6 Å². The van der Waals surface area contributed by atoms with Crippen LogP contribution in [0.3, 0.4) is 0 Å². The second-order valence-electron chi connectivity index (χ2n) is 6.19. The topological polar surface area (TPSA) is 79.9 Å². The minimum atomic E-state index is -0.855. The van der Waals surface area contributed by atoms with Crippen molar-refractivity contribution in [3.63, 3.8) is 0 Å². The smallest absolute Gasteiger partial charge is 0.377 e. The Balaban J connectivity index is 1.94. The quantitative estimate of drug-likeness (QED) is 0.190. The van der Waals surface area contributed by atoms with Crippen LogP contribution >= 0.6 is 46.4 Å². The van der Waals surface area contributed by atoms with Gasteiger partial charge in [0.2, 0.25) is 17.4 Å². The number of carbonyl (C=O) groups excluding carboxylic acids is 1. The zero-order valence-electron chi connectivity index (χ0n) is 15.0. The number of benzene rings is 1. The molecule has 0 aliphatic carbocycles. The van der Waals surface area contributed by atoms with Gasteiger partial charge < -0.3 is 9.74 Å². The summed E-state index contributed by atoms with van der Waals surface area (Å²) in [7, 11) is 3.77. The third-order valence-corrected chi connectivity index (χ3v) is 5.89. The molecule has 0 amide bonds. The SMILES string of the molecule is CN(C)c1cc[n+](CC(=O)ON=c2c(=O)c3c(Cl)c(Cl)c(Cl)c(Cl)c3c2=O)cc1. The summed E-state index contributed by atoms with van der Waals surface area (Å²) >= 11 is 23.9. The van der Waals surface area contributed by atoms with Crippen LogP contribution in [-0.2, 0) is 16.2 Å². The van der Waals surface area contributed by atoms with E-state index >= 15 is 0 Å². The molecule has 0 fully saturated rings. The third-order valence-electron chi connectivity index (χ3n) is 4.09. The first kappa shape index (κ1) is 21.5.